The molecule has 1 N–H and O–H groups in total. The highest BCUT2D eigenvalue weighted by atomic mass is 16.5. The van der Waals surface area contributed by atoms with Gasteiger partial charge in [0.2, 0.25) is 5.91 Å². The zero-order valence-electron chi connectivity index (χ0n) is 17.9. The van der Waals surface area contributed by atoms with E-state index in [-0.39, 0.29) is 17.9 Å². The minimum atomic E-state index is -0.0254. The molecule has 0 aromatic heterocycles. The van der Waals surface area contributed by atoms with Crippen LogP contribution >= 0.6 is 0 Å². The largest absolute Gasteiger partial charge is 0.497 e. The fraction of sp³-hybridized carbons (Fsp3) is 0.391. The lowest BCUT2D eigenvalue weighted by molar-refractivity contribution is -0.121. The van der Waals surface area contributed by atoms with E-state index in [0.717, 1.165) is 16.9 Å². The van der Waals surface area contributed by atoms with Gasteiger partial charge in [0, 0.05) is 32.6 Å². The van der Waals surface area contributed by atoms with Crippen molar-refractivity contribution in [2.45, 2.75) is 18.9 Å². The molecule has 2 aromatic carbocycles. The molecule has 0 aliphatic heterocycles. The summed E-state index contributed by atoms with van der Waals surface area (Å²) in [5.41, 5.74) is 2.81. The summed E-state index contributed by atoms with van der Waals surface area (Å²) < 4.78 is 5.21. The molecule has 0 aliphatic rings. The Morgan fingerprint density at radius 2 is 1.59 bits per heavy atom. The van der Waals surface area contributed by atoms with E-state index in [1.165, 1.54) is 0 Å². The lowest BCUT2D eigenvalue weighted by atomic mass is 10.0. The summed E-state index contributed by atoms with van der Waals surface area (Å²) in [5, 5.41) is 3.03. The second kappa shape index (κ2) is 10.6. The van der Waals surface area contributed by atoms with Crippen molar-refractivity contribution in [3.05, 3.63) is 65.2 Å². The van der Waals surface area contributed by atoms with Crippen LogP contribution in [-0.4, -0.2) is 63.5 Å². The molecule has 0 bridgehead atoms. The SMILES string of the molecule is COc1ccc(C(CNC(=O)CCc2ccc(C(=O)N(C)C)cc2)N(C)C)cc1. The molecule has 1 atom stereocenters. The van der Waals surface area contributed by atoms with Crippen molar-refractivity contribution in [1.82, 2.24) is 15.1 Å². The third-order valence-electron chi connectivity index (χ3n) is 4.86. The molecule has 0 aliphatic carbocycles. The maximum Gasteiger partial charge on any atom is 0.253 e. The number of benzene rings is 2. The third-order valence-corrected chi connectivity index (χ3v) is 4.86. The predicted molar refractivity (Wildman–Crippen MR) is 115 cm³/mol. The molecule has 2 rings (SSSR count). The van der Waals surface area contributed by atoms with Crippen LogP contribution < -0.4 is 10.1 Å². The first-order valence-electron chi connectivity index (χ1n) is 9.69. The number of amides is 2. The van der Waals surface area contributed by atoms with Gasteiger partial charge in [0.25, 0.3) is 5.91 Å². The molecule has 1 unspecified atom stereocenters. The summed E-state index contributed by atoms with van der Waals surface area (Å²) in [7, 11) is 9.10. The second-order valence-electron chi connectivity index (χ2n) is 7.45. The van der Waals surface area contributed by atoms with Gasteiger partial charge in [-0.15, -0.1) is 0 Å². The van der Waals surface area contributed by atoms with E-state index in [4.69, 9.17) is 4.74 Å². The maximum atomic E-state index is 12.3. The third kappa shape index (κ3) is 6.61. The van der Waals surface area contributed by atoms with Gasteiger partial charge in [0.15, 0.2) is 0 Å². The number of methoxy groups -OCH3 is 1. The van der Waals surface area contributed by atoms with Crippen LogP contribution in [0.3, 0.4) is 0 Å². The molecule has 2 amide bonds. The van der Waals surface area contributed by atoms with Gasteiger partial charge in [-0.25, -0.2) is 0 Å². The molecule has 0 spiro atoms. The van der Waals surface area contributed by atoms with Crippen LogP contribution in [0.2, 0.25) is 0 Å². The smallest absolute Gasteiger partial charge is 0.253 e. The van der Waals surface area contributed by atoms with E-state index in [2.05, 4.69) is 10.2 Å². The summed E-state index contributed by atoms with van der Waals surface area (Å²) in [6.45, 7) is 0.536. The van der Waals surface area contributed by atoms with Gasteiger partial charge in [-0.1, -0.05) is 24.3 Å². The Kier molecular flexibility index (Phi) is 8.21. The van der Waals surface area contributed by atoms with Gasteiger partial charge in [-0.3, -0.25) is 9.59 Å². The number of carbonyl (C=O) groups excluding carboxylic acids is 2. The Morgan fingerprint density at radius 3 is 2.10 bits per heavy atom. The van der Waals surface area contributed by atoms with Crippen LogP contribution in [-0.2, 0) is 11.2 Å². The lowest BCUT2D eigenvalue weighted by Gasteiger charge is -2.25. The number of aryl methyl sites for hydroxylation is 1. The summed E-state index contributed by atoms with van der Waals surface area (Å²) in [4.78, 5) is 27.9. The Morgan fingerprint density at radius 1 is 0.966 bits per heavy atom. The molecule has 0 saturated carbocycles. The van der Waals surface area contributed by atoms with E-state index in [9.17, 15) is 9.59 Å². The van der Waals surface area contributed by atoms with Crippen molar-refractivity contribution in [3.63, 3.8) is 0 Å². The molecule has 6 nitrogen and oxygen atoms in total. The van der Waals surface area contributed by atoms with Crippen molar-refractivity contribution in [2.75, 3.05) is 41.8 Å². The minimum Gasteiger partial charge on any atom is -0.497 e. The average Bonchev–Trinajstić information content (AvgIpc) is 2.72. The first kappa shape index (κ1) is 22.4. The summed E-state index contributed by atoms with van der Waals surface area (Å²) >= 11 is 0. The molecule has 0 radical (unpaired) electrons. The van der Waals surface area contributed by atoms with Gasteiger partial charge in [0.05, 0.1) is 13.2 Å². The zero-order valence-corrected chi connectivity index (χ0v) is 17.9. The Balaban J connectivity index is 1.86. The molecule has 0 saturated heterocycles. The summed E-state index contributed by atoms with van der Waals surface area (Å²) in [6, 6.07) is 15.4. The quantitative estimate of drug-likeness (QED) is 0.707. The average molecular weight is 398 g/mol. The first-order chi connectivity index (χ1) is 13.8. The van der Waals surface area contributed by atoms with Crippen LogP contribution in [0.1, 0.15) is 33.9 Å². The van der Waals surface area contributed by atoms with Crippen molar-refractivity contribution in [1.29, 1.82) is 0 Å². The Bertz CT molecular complexity index is 799. The van der Waals surface area contributed by atoms with Crippen LogP contribution in [0.5, 0.6) is 5.75 Å². The molecule has 29 heavy (non-hydrogen) atoms. The van der Waals surface area contributed by atoms with E-state index < -0.39 is 0 Å². The Labute approximate surface area is 173 Å². The van der Waals surface area contributed by atoms with E-state index >= 15 is 0 Å². The fourth-order valence-electron chi connectivity index (χ4n) is 3.05. The molecule has 2 aromatic rings. The molecule has 0 heterocycles. The number of nitrogens with one attached hydrogen (secondary N) is 1. The van der Waals surface area contributed by atoms with Gasteiger partial charge < -0.3 is 19.9 Å². The first-order valence-corrected chi connectivity index (χ1v) is 9.69. The highest BCUT2D eigenvalue weighted by molar-refractivity contribution is 5.93. The number of nitrogens with zero attached hydrogens (tertiary/aromatic N) is 2. The van der Waals surface area contributed by atoms with Crippen LogP contribution in [0, 0.1) is 0 Å². The molecule has 6 heteroatoms. The van der Waals surface area contributed by atoms with E-state index in [1.807, 2.05) is 50.5 Å². The molecular formula is C23H31N3O3. The number of carbonyl (C=O) groups is 2. The van der Waals surface area contributed by atoms with Gasteiger partial charge in [-0.2, -0.15) is 0 Å². The van der Waals surface area contributed by atoms with Crippen LogP contribution in [0.15, 0.2) is 48.5 Å². The normalized spacial score (nSPS) is 11.8. The fourth-order valence-corrected chi connectivity index (χ4v) is 3.05. The second-order valence-corrected chi connectivity index (χ2v) is 7.45. The minimum absolute atomic E-state index is 0.0128. The highest BCUT2D eigenvalue weighted by Gasteiger charge is 2.15. The highest BCUT2D eigenvalue weighted by Crippen LogP contribution is 2.20. The summed E-state index contributed by atoms with van der Waals surface area (Å²) in [6.07, 6.45) is 1.04. The van der Waals surface area contributed by atoms with E-state index in [0.29, 0.717) is 24.9 Å². The van der Waals surface area contributed by atoms with Crippen molar-refractivity contribution < 1.29 is 14.3 Å². The zero-order chi connectivity index (χ0) is 21.4. The van der Waals surface area contributed by atoms with Gasteiger partial charge in [-0.05, 0) is 55.9 Å². The lowest BCUT2D eigenvalue weighted by Crippen LogP contribution is -2.34. The maximum absolute atomic E-state index is 12.3. The number of likely N-dealkylation sites (N-methyl/N-ethyl adjacent to an activating group) is 1. The molecular weight excluding hydrogens is 366 g/mol. The monoisotopic (exact) mass is 397 g/mol. The molecule has 156 valence electrons. The number of hydrogen-bond acceptors (Lipinski definition) is 4. The number of hydrogen-bond donors (Lipinski definition) is 1. The van der Waals surface area contributed by atoms with Gasteiger partial charge in [0.1, 0.15) is 5.75 Å². The van der Waals surface area contributed by atoms with E-state index in [1.54, 1.807) is 38.2 Å². The van der Waals surface area contributed by atoms with Crippen molar-refractivity contribution >= 4 is 11.8 Å². The standard InChI is InChI=1S/C23H31N3O3/c1-25(2)21(18-11-13-20(29-5)14-12-18)16-24-22(27)15-8-17-6-9-19(10-7-17)23(28)26(3)4/h6-7,9-14,21H,8,15-16H2,1-5H3,(H,24,27). The predicted octanol–water partition coefficient (Wildman–Crippen LogP) is 2.75. The topological polar surface area (TPSA) is 61.9 Å². The van der Waals surface area contributed by atoms with Crippen molar-refractivity contribution in [2.24, 2.45) is 0 Å². The summed E-state index contributed by atoms with van der Waals surface area (Å²) in [5.74, 6) is 0.801. The van der Waals surface area contributed by atoms with Crippen LogP contribution in [0.4, 0.5) is 0 Å². The van der Waals surface area contributed by atoms with Gasteiger partial charge >= 0.3 is 0 Å². The van der Waals surface area contributed by atoms with Crippen molar-refractivity contribution in [3.8, 4) is 5.75 Å². The molecule has 0 fully saturated rings. The Hall–Kier alpha value is -2.86. The number of ether oxygens (including phenoxy) is 1. The van der Waals surface area contributed by atoms with Crippen LogP contribution in [0.25, 0.3) is 0 Å². The number of rotatable bonds is 9.